The number of carbonyl (C=O) groups is 3. The number of unbranched alkanes of at least 4 members (excludes halogenated alkanes) is 1. The summed E-state index contributed by atoms with van der Waals surface area (Å²) < 4.78 is 12.1. The SMILES string of the molecule is C=CCCOC(=O)[C@@H]1[C@H]2C(=O)N(CCCCO)C(C(=O)N(CC=C)c3ccc(Cl)cc3)C23CC[C@@]1(C)O3. The number of benzene rings is 1. The maximum absolute atomic E-state index is 14.3. The monoisotopic (exact) mass is 530 g/mol. The number of carbonyl (C=O) groups excluding carboxylic acids is 3. The van der Waals surface area contributed by atoms with Gasteiger partial charge in [0.05, 0.1) is 18.1 Å². The lowest BCUT2D eigenvalue weighted by Gasteiger charge is -2.36. The normalized spacial score (nSPS) is 29.8. The van der Waals surface area contributed by atoms with Crippen LogP contribution in [0.5, 0.6) is 0 Å². The van der Waals surface area contributed by atoms with Gasteiger partial charge in [0.1, 0.15) is 17.6 Å². The van der Waals surface area contributed by atoms with Gasteiger partial charge in [0.2, 0.25) is 5.91 Å². The zero-order valence-corrected chi connectivity index (χ0v) is 22.0. The fraction of sp³-hybridized carbons (Fsp3) is 0.536. The van der Waals surface area contributed by atoms with Gasteiger partial charge < -0.3 is 24.4 Å². The maximum Gasteiger partial charge on any atom is 0.312 e. The molecular weight excluding hydrogens is 496 g/mol. The number of hydrogen-bond acceptors (Lipinski definition) is 6. The smallest absolute Gasteiger partial charge is 0.312 e. The van der Waals surface area contributed by atoms with E-state index in [1.54, 1.807) is 46.2 Å². The molecule has 0 aliphatic carbocycles. The molecule has 9 heteroatoms. The Kier molecular flexibility index (Phi) is 8.11. The lowest BCUT2D eigenvalue weighted by molar-refractivity contribution is -0.159. The molecule has 1 N–H and O–H groups in total. The lowest BCUT2D eigenvalue weighted by Crippen LogP contribution is -2.56. The third-order valence-corrected chi connectivity index (χ3v) is 8.11. The van der Waals surface area contributed by atoms with E-state index in [0.717, 1.165) is 0 Å². The number of anilines is 1. The first kappa shape index (κ1) is 27.4. The van der Waals surface area contributed by atoms with E-state index >= 15 is 0 Å². The Balaban J connectivity index is 1.74. The first-order valence-electron chi connectivity index (χ1n) is 12.8. The molecule has 200 valence electrons. The van der Waals surface area contributed by atoms with Gasteiger partial charge in [-0.05, 0) is 63.3 Å². The molecule has 3 aliphatic heterocycles. The molecule has 4 rings (SSSR count). The maximum atomic E-state index is 14.3. The minimum absolute atomic E-state index is 0.0184. The Labute approximate surface area is 222 Å². The van der Waals surface area contributed by atoms with Crippen molar-refractivity contribution in [2.45, 2.75) is 56.3 Å². The van der Waals surface area contributed by atoms with Crippen LogP contribution in [0.4, 0.5) is 5.69 Å². The third-order valence-electron chi connectivity index (χ3n) is 7.85. The fourth-order valence-electron chi connectivity index (χ4n) is 6.25. The van der Waals surface area contributed by atoms with E-state index in [-0.39, 0.29) is 38.1 Å². The fourth-order valence-corrected chi connectivity index (χ4v) is 6.38. The van der Waals surface area contributed by atoms with Crippen LogP contribution in [0.1, 0.15) is 39.0 Å². The Morgan fingerprint density at radius 3 is 2.62 bits per heavy atom. The van der Waals surface area contributed by atoms with Gasteiger partial charge in [-0.15, -0.1) is 13.2 Å². The Morgan fingerprint density at radius 1 is 1.24 bits per heavy atom. The van der Waals surface area contributed by atoms with E-state index < -0.39 is 35.0 Å². The highest BCUT2D eigenvalue weighted by Crippen LogP contribution is 2.63. The van der Waals surface area contributed by atoms with Gasteiger partial charge >= 0.3 is 5.97 Å². The van der Waals surface area contributed by atoms with E-state index in [0.29, 0.717) is 42.8 Å². The highest BCUT2D eigenvalue weighted by molar-refractivity contribution is 6.30. The number of aliphatic hydroxyl groups excluding tert-OH is 1. The molecule has 3 saturated heterocycles. The largest absolute Gasteiger partial charge is 0.465 e. The van der Waals surface area contributed by atoms with Crippen molar-refractivity contribution in [2.24, 2.45) is 11.8 Å². The molecule has 1 spiro atoms. The number of rotatable bonds is 12. The zero-order chi connectivity index (χ0) is 26.8. The second-order valence-corrected chi connectivity index (χ2v) is 10.6. The number of aliphatic hydroxyl groups is 1. The van der Waals surface area contributed by atoms with Crippen molar-refractivity contribution < 1.29 is 29.0 Å². The first-order chi connectivity index (χ1) is 17.7. The molecular formula is C28H35ClN2O6. The van der Waals surface area contributed by atoms with E-state index in [1.807, 2.05) is 6.92 Å². The van der Waals surface area contributed by atoms with Crippen molar-refractivity contribution >= 4 is 35.1 Å². The molecule has 1 aromatic carbocycles. The average molecular weight is 531 g/mol. The predicted octanol–water partition coefficient (Wildman–Crippen LogP) is 3.52. The molecule has 1 aromatic rings. The number of fused-ring (bicyclic) bond motifs is 1. The Bertz CT molecular complexity index is 1060. The van der Waals surface area contributed by atoms with Crippen molar-refractivity contribution in [2.75, 3.05) is 31.2 Å². The highest BCUT2D eigenvalue weighted by Gasteiger charge is 2.78. The van der Waals surface area contributed by atoms with Crippen molar-refractivity contribution in [3.63, 3.8) is 0 Å². The lowest BCUT2D eigenvalue weighted by atomic mass is 9.66. The standard InChI is InChI=1S/C28H35ClN2O6/c1-4-6-18-36-26(35)22-21-24(33)31(16-7-8-17-32)23(28(21)14-13-27(22,3)37-28)25(34)30(15-5-2)20-11-9-19(29)10-12-20/h4-5,9-12,21-23,32H,1-2,6-8,13-18H2,3H3/t21-,22-,23?,27+,28?/m0/s1. The van der Waals surface area contributed by atoms with Crippen molar-refractivity contribution in [1.29, 1.82) is 0 Å². The van der Waals surface area contributed by atoms with Gasteiger partial charge in [-0.1, -0.05) is 23.8 Å². The third kappa shape index (κ3) is 4.71. The molecule has 3 fully saturated rings. The number of ether oxygens (including phenoxy) is 2. The van der Waals surface area contributed by atoms with Crippen LogP contribution in [-0.4, -0.2) is 71.3 Å². The zero-order valence-electron chi connectivity index (χ0n) is 21.2. The molecule has 2 amide bonds. The summed E-state index contributed by atoms with van der Waals surface area (Å²) in [7, 11) is 0. The summed E-state index contributed by atoms with van der Waals surface area (Å²) in [5, 5.41) is 9.87. The van der Waals surface area contributed by atoms with Crippen LogP contribution in [0.2, 0.25) is 5.02 Å². The van der Waals surface area contributed by atoms with Gasteiger partial charge in [-0.25, -0.2) is 0 Å². The Hall–Kier alpha value is -2.68. The van der Waals surface area contributed by atoms with E-state index in [4.69, 9.17) is 21.1 Å². The summed E-state index contributed by atoms with van der Waals surface area (Å²) in [6.45, 7) is 9.96. The average Bonchev–Trinajstić information content (AvgIpc) is 3.44. The molecule has 0 aromatic heterocycles. The molecule has 37 heavy (non-hydrogen) atoms. The van der Waals surface area contributed by atoms with E-state index in [1.165, 1.54) is 0 Å². The highest BCUT2D eigenvalue weighted by atomic mass is 35.5. The van der Waals surface area contributed by atoms with Gasteiger partial charge in [-0.3, -0.25) is 14.4 Å². The van der Waals surface area contributed by atoms with Gasteiger partial charge in [0, 0.05) is 30.4 Å². The first-order valence-corrected chi connectivity index (χ1v) is 13.2. The molecule has 0 radical (unpaired) electrons. The van der Waals surface area contributed by atoms with Crippen molar-refractivity contribution in [3.8, 4) is 0 Å². The van der Waals surface area contributed by atoms with E-state index in [2.05, 4.69) is 13.2 Å². The molecule has 0 saturated carbocycles. The minimum Gasteiger partial charge on any atom is -0.465 e. The predicted molar refractivity (Wildman–Crippen MR) is 140 cm³/mol. The summed E-state index contributed by atoms with van der Waals surface area (Å²) in [4.78, 5) is 44.7. The summed E-state index contributed by atoms with van der Waals surface area (Å²) in [6, 6.07) is 5.98. The topological polar surface area (TPSA) is 96.4 Å². The number of esters is 1. The molecule has 3 heterocycles. The number of likely N-dealkylation sites (tertiary alicyclic amines) is 1. The van der Waals surface area contributed by atoms with Crippen molar-refractivity contribution in [3.05, 3.63) is 54.6 Å². The molecule has 2 unspecified atom stereocenters. The Morgan fingerprint density at radius 2 is 1.97 bits per heavy atom. The van der Waals surface area contributed by atoms with Gasteiger partial charge in [-0.2, -0.15) is 0 Å². The molecule has 2 bridgehead atoms. The minimum atomic E-state index is -1.14. The number of hydrogen-bond donors (Lipinski definition) is 1. The number of halogens is 1. The van der Waals surface area contributed by atoms with Gasteiger partial charge in [0.15, 0.2) is 0 Å². The van der Waals surface area contributed by atoms with E-state index in [9.17, 15) is 19.5 Å². The number of nitrogens with zero attached hydrogens (tertiary/aromatic N) is 2. The van der Waals surface area contributed by atoms with Crippen LogP contribution in [-0.2, 0) is 23.9 Å². The molecule has 5 atom stereocenters. The summed E-state index contributed by atoms with van der Waals surface area (Å²) >= 11 is 6.08. The van der Waals surface area contributed by atoms with Crippen LogP contribution >= 0.6 is 11.6 Å². The quantitative estimate of drug-likeness (QED) is 0.252. The van der Waals surface area contributed by atoms with Crippen LogP contribution in [0, 0.1) is 11.8 Å². The molecule has 8 nitrogen and oxygen atoms in total. The van der Waals surface area contributed by atoms with Crippen LogP contribution < -0.4 is 4.90 Å². The summed E-state index contributed by atoms with van der Waals surface area (Å²) in [5.74, 6) is -2.68. The van der Waals surface area contributed by atoms with Crippen LogP contribution in [0.25, 0.3) is 0 Å². The molecule has 3 aliphatic rings. The number of amides is 2. The van der Waals surface area contributed by atoms with Crippen molar-refractivity contribution in [1.82, 2.24) is 4.90 Å². The van der Waals surface area contributed by atoms with Crippen LogP contribution in [0.15, 0.2) is 49.6 Å². The summed E-state index contributed by atoms with van der Waals surface area (Å²) in [5.41, 5.74) is -1.42. The van der Waals surface area contributed by atoms with Crippen LogP contribution in [0.3, 0.4) is 0 Å². The second kappa shape index (κ2) is 11.0. The van der Waals surface area contributed by atoms with Gasteiger partial charge in [0.25, 0.3) is 5.91 Å². The second-order valence-electron chi connectivity index (χ2n) is 10.1. The summed E-state index contributed by atoms with van der Waals surface area (Å²) in [6.07, 6.45) is 5.82.